The molecule has 4 atom stereocenters. The number of nitrogens with one attached hydrogen (secondary N) is 1. The minimum Gasteiger partial charge on any atom is -0.387 e. The minimum absolute atomic E-state index is 0.892. The Morgan fingerprint density at radius 1 is 1.36 bits per heavy atom. The van der Waals surface area contributed by atoms with E-state index >= 15 is 0 Å². The van der Waals surface area contributed by atoms with Crippen molar-refractivity contribution >= 4 is 0 Å². The van der Waals surface area contributed by atoms with Crippen molar-refractivity contribution in [3.63, 3.8) is 0 Å². The molecule has 1 aliphatic rings. The number of rotatable bonds is 2. The Labute approximate surface area is 62.4 Å². The summed E-state index contributed by atoms with van der Waals surface area (Å²) in [5.74, 6) is 0. The predicted molar refractivity (Wildman–Crippen MR) is 31.6 cm³/mol. The van der Waals surface area contributed by atoms with Crippen LogP contribution in [0.15, 0.2) is 0 Å². The first-order valence-electron chi connectivity index (χ1n) is 3.18. The molecule has 11 heavy (non-hydrogen) atoms. The number of hydroxylamine groups is 1. The summed E-state index contributed by atoms with van der Waals surface area (Å²) in [6.07, 6.45) is -4.74. The Bertz CT molecular complexity index is 118. The third-order valence-electron chi connectivity index (χ3n) is 1.64. The van der Waals surface area contributed by atoms with Gasteiger partial charge in [0.1, 0.15) is 25.0 Å². The van der Waals surface area contributed by atoms with Gasteiger partial charge >= 0.3 is 0 Å². The number of hydrogen-bond acceptors (Lipinski definition) is 5. The molecule has 0 radical (unpaired) electrons. The Kier molecular flexibility index (Phi) is 2.74. The molecule has 1 heterocycles. The van der Waals surface area contributed by atoms with Crippen LogP contribution >= 0.6 is 0 Å². The fraction of sp³-hybridized carbons (Fsp3) is 1.00. The van der Waals surface area contributed by atoms with Gasteiger partial charge in [-0.05, 0) is 0 Å². The van der Waals surface area contributed by atoms with E-state index < -0.39 is 31.2 Å². The van der Waals surface area contributed by atoms with Gasteiger partial charge in [0.25, 0.3) is 0 Å². The van der Waals surface area contributed by atoms with E-state index in [0.717, 1.165) is 0 Å². The maximum absolute atomic E-state index is 11.9. The maximum atomic E-state index is 11.9. The van der Waals surface area contributed by atoms with Gasteiger partial charge in [-0.15, -0.1) is 0 Å². The quantitative estimate of drug-likeness (QED) is 0.372. The highest BCUT2D eigenvalue weighted by Crippen LogP contribution is 2.19. The molecule has 1 aliphatic heterocycles. The van der Waals surface area contributed by atoms with E-state index in [-0.39, 0.29) is 0 Å². The van der Waals surface area contributed by atoms with Crippen LogP contribution in [0, 0.1) is 0 Å². The van der Waals surface area contributed by atoms with Gasteiger partial charge in [0.05, 0.1) is 0 Å². The number of ether oxygens (including phenoxy) is 1. The SMILES string of the molecule is ON[C@@H]1O[C@H](CF)C(O)C1O. The van der Waals surface area contributed by atoms with Crippen LogP contribution in [-0.2, 0) is 4.74 Å². The minimum atomic E-state index is -1.29. The van der Waals surface area contributed by atoms with Crippen LogP contribution in [0.1, 0.15) is 0 Å². The van der Waals surface area contributed by atoms with Gasteiger partial charge in [0.15, 0.2) is 6.23 Å². The zero-order valence-corrected chi connectivity index (χ0v) is 5.64. The average molecular weight is 167 g/mol. The molecule has 0 aromatic rings. The lowest BCUT2D eigenvalue weighted by atomic mass is 10.1. The number of aliphatic hydroxyl groups excluding tert-OH is 2. The molecule has 1 saturated heterocycles. The summed E-state index contributed by atoms with van der Waals surface area (Å²) < 4.78 is 16.6. The maximum Gasteiger partial charge on any atom is 0.158 e. The van der Waals surface area contributed by atoms with Crippen molar-refractivity contribution in [1.29, 1.82) is 0 Å². The molecule has 0 aromatic heterocycles. The lowest BCUT2D eigenvalue weighted by molar-refractivity contribution is -0.0817. The summed E-state index contributed by atoms with van der Waals surface area (Å²) in [4.78, 5) is 0. The summed E-state index contributed by atoms with van der Waals surface area (Å²) >= 11 is 0. The average Bonchev–Trinajstić information content (AvgIpc) is 2.30. The van der Waals surface area contributed by atoms with Crippen LogP contribution in [0.25, 0.3) is 0 Å². The monoisotopic (exact) mass is 167 g/mol. The third-order valence-corrected chi connectivity index (χ3v) is 1.64. The zero-order valence-electron chi connectivity index (χ0n) is 5.64. The fourth-order valence-electron chi connectivity index (χ4n) is 0.983. The van der Waals surface area contributed by atoms with Gasteiger partial charge in [0, 0.05) is 0 Å². The second-order valence-electron chi connectivity index (χ2n) is 2.36. The van der Waals surface area contributed by atoms with Gasteiger partial charge in [-0.25, -0.2) is 4.39 Å². The van der Waals surface area contributed by atoms with Crippen molar-refractivity contribution in [2.45, 2.75) is 24.5 Å². The molecule has 0 aliphatic carbocycles. The van der Waals surface area contributed by atoms with Gasteiger partial charge < -0.3 is 20.2 Å². The Hall–Kier alpha value is -0.270. The zero-order chi connectivity index (χ0) is 8.43. The van der Waals surface area contributed by atoms with Gasteiger partial charge in [-0.3, -0.25) is 0 Å². The van der Waals surface area contributed by atoms with Gasteiger partial charge in [-0.1, -0.05) is 0 Å². The van der Waals surface area contributed by atoms with Crippen LogP contribution in [0.3, 0.4) is 0 Å². The van der Waals surface area contributed by atoms with E-state index in [4.69, 9.17) is 15.4 Å². The number of hydrogen-bond donors (Lipinski definition) is 4. The summed E-state index contributed by atoms with van der Waals surface area (Å²) in [5, 5.41) is 26.3. The van der Waals surface area contributed by atoms with Crippen molar-refractivity contribution in [1.82, 2.24) is 5.48 Å². The molecular weight excluding hydrogens is 157 g/mol. The van der Waals surface area contributed by atoms with Crippen molar-refractivity contribution in [2.24, 2.45) is 0 Å². The molecule has 5 nitrogen and oxygen atoms in total. The van der Waals surface area contributed by atoms with E-state index in [9.17, 15) is 4.39 Å². The van der Waals surface area contributed by atoms with E-state index in [1.807, 2.05) is 0 Å². The van der Waals surface area contributed by atoms with E-state index in [2.05, 4.69) is 4.74 Å². The molecule has 4 N–H and O–H groups in total. The first kappa shape index (κ1) is 8.82. The Morgan fingerprint density at radius 3 is 2.27 bits per heavy atom. The van der Waals surface area contributed by atoms with E-state index in [1.165, 1.54) is 0 Å². The van der Waals surface area contributed by atoms with Gasteiger partial charge in [-0.2, -0.15) is 5.48 Å². The van der Waals surface area contributed by atoms with Crippen LogP contribution in [0.5, 0.6) is 0 Å². The lowest BCUT2D eigenvalue weighted by Gasteiger charge is -2.11. The van der Waals surface area contributed by atoms with Gasteiger partial charge in [0.2, 0.25) is 0 Å². The lowest BCUT2D eigenvalue weighted by Crippen LogP contribution is -2.39. The fourth-order valence-corrected chi connectivity index (χ4v) is 0.983. The van der Waals surface area contributed by atoms with Crippen LogP contribution < -0.4 is 5.48 Å². The molecule has 0 spiro atoms. The normalized spacial score (nSPS) is 44.7. The summed E-state index contributed by atoms with van der Waals surface area (Å²) in [7, 11) is 0. The van der Waals surface area contributed by atoms with Crippen molar-refractivity contribution in [3.8, 4) is 0 Å². The topological polar surface area (TPSA) is 82.0 Å². The highest BCUT2D eigenvalue weighted by molar-refractivity contribution is 4.87. The standard InChI is InChI=1S/C5H10FNO4/c6-1-2-3(8)4(9)5(7-10)11-2/h2-5,7-10H,1H2/t2-,3?,4?,5-/m1/s1. The highest BCUT2D eigenvalue weighted by Gasteiger charge is 2.42. The molecule has 2 unspecified atom stereocenters. The Balaban J connectivity index is 2.53. The molecular formula is C5H10FNO4. The van der Waals surface area contributed by atoms with Crippen LogP contribution in [0.2, 0.25) is 0 Å². The smallest absolute Gasteiger partial charge is 0.158 e. The summed E-state index contributed by atoms with van der Waals surface area (Å²) in [6, 6.07) is 0. The van der Waals surface area contributed by atoms with Crippen LogP contribution in [-0.4, -0.2) is 46.6 Å². The molecule has 0 saturated carbocycles. The van der Waals surface area contributed by atoms with E-state index in [0.29, 0.717) is 0 Å². The molecule has 0 bridgehead atoms. The largest absolute Gasteiger partial charge is 0.387 e. The highest BCUT2D eigenvalue weighted by atomic mass is 19.1. The molecule has 6 heteroatoms. The molecule has 1 fully saturated rings. The number of halogens is 1. The van der Waals surface area contributed by atoms with Crippen molar-refractivity contribution in [3.05, 3.63) is 0 Å². The first-order valence-corrected chi connectivity index (χ1v) is 3.18. The molecule has 66 valence electrons. The first-order chi connectivity index (χ1) is 5.20. The summed E-state index contributed by atoms with van der Waals surface area (Å²) in [5.41, 5.74) is 1.61. The predicted octanol–water partition coefficient (Wildman–Crippen LogP) is -1.62. The summed E-state index contributed by atoms with van der Waals surface area (Å²) in [6.45, 7) is -0.892. The van der Waals surface area contributed by atoms with Crippen molar-refractivity contribution < 1.29 is 24.5 Å². The molecule has 0 aromatic carbocycles. The second kappa shape index (κ2) is 3.42. The molecule has 0 amide bonds. The Morgan fingerprint density at radius 2 is 2.00 bits per heavy atom. The van der Waals surface area contributed by atoms with Crippen LogP contribution in [0.4, 0.5) is 4.39 Å². The molecule has 1 rings (SSSR count). The second-order valence-corrected chi connectivity index (χ2v) is 2.36. The van der Waals surface area contributed by atoms with E-state index in [1.54, 1.807) is 5.48 Å². The number of alkyl halides is 1. The number of aliphatic hydroxyl groups is 2. The van der Waals surface area contributed by atoms with Crippen molar-refractivity contribution in [2.75, 3.05) is 6.67 Å². The third kappa shape index (κ3) is 1.49.